The Morgan fingerprint density at radius 1 is 1.08 bits per heavy atom. The summed E-state index contributed by atoms with van der Waals surface area (Å²) >= 11 is 1.78. The highest BCUT2D eigenvalue weighted by Crippen LogP contribution is 2.20. The molecule has 0 amide bonds. The minimum Gasteiger partial charge on any atom is -0.468 e. The Bertz CT molecular complexity index is 1070. The minimum absolute atomic E-state index is 0.101. The first-order valence-corrected chi connectivity index (χ1v) is 9.27. The van der Waals surface area contributed by atoms with Crippen LogP contribution in [0.25, 0.3) is 10.9 Å². The molecule has 6 heteroatoms. The molecule has 26 heavy (non-hydrogen) atoms. The van der Waals surface area contributed by atoms with Crippen LogP contribution in [0.2, 0.25) is 0 Å². The number of aromatic amines is 1. The molecule has 0 saturated heterocycles. The molecule has 132 valence electrons. The van der Waals surface area contributed by atoms with E-state index in [4.69, 9.17) is 4.42 Å². The number of fused-ring (bicyclic) bond motifs is 1. The fourth-order valence-electron chi connectivity index (χ4n) is 3.00. The molecule has 0 aliphatic rings. The van der Waals surface area contributed by atoms with Gasteiger partial charge in [0.1, 0.15) is 11.6 Å². The Labute approximate surface area is 154 Å². The number of nitrogens with zero attached hydrogens (tertiary/aromatic N) is 2. The molecule has 0 radical (unpaired) electrons. The SMILES string of the molecule is Cc1ccc(CN(Cc2nc3ccccc3c(=O)[nH]2)Cc2ccco2)s1. The molecule has 3 aromatic heterocycles. The maximum Gasteiger partial charge on any atom is 0.258 e. The third-order valence-electron chi connectivity index (χ3n) is 4.17. The summed E-state index contributed by atoms with van der Waals surface area (Å²) in [6, 6.07) is 15.5. The lowest BCUT2D eigenvalue weighted by Gasteiger charge is -2.20. The van der Waals surface area contributed by atoms with E-state index in [0.29, 0.717) is 24.3 Å². The van der Waals surface area contributed by atoms with Gasteiger partial charge in [0, 0.05) is 16.3 Å². The highest BCUT2D eigenvalue weighted by Gasteiger charge is 2.13. The number of para-hydroxylation sites is 1. The average Bonchev–Trinajstić information content (AvgIpc) is 3.27. The van der Waals surface area contributed by atoms with Crippen LogP contribution in [0.3, 0.4) is 0 Å². The molecule has 1 N–H and O–H groups in total. The fourth-order valence-corrected chi connectivity index (χ4v) is 3.94. The smallest absolute Gasteiger partial charge is 0.258 e. The molecule has 5 nitrogen and oxygen atoms in total. The summed E-state index contributed by atoms with van der Waals surface area (Å²) in [5.41, 5.74) is 0.617. The van der Waals surface area contributed by atoms with E-state index in [1.807, 2.05) is 30.3 Å². The summed E-state index contributed by atoms with van der Waals surface area (Å²) in [5, 5.41) is 0.614. The Kier molecular flexibility index (Phi) is 4.69. The van der Waals surface area contributed by atoms with E-state index < -0.39 is 0 Å². The fraction of sp³-hybridized carbons (Fsp3) is 0.200. The van der Waals surface area contributed by atoms with E-state index in [9.17, 15) is 4.79 Å². The van der Waals surface area contributed by atoms with Crippen molar-refractivity contribution in [1.29, 1.82) is 0 Å². The number of rotatable bonds is 6. The first-order valence-electron chi connectivity index (χ1n) is 8.45. The van der Waals surface area contributed by atoms with Gasteiger partial charge in [0.05, 0.1) is 30.3 Å². The van der Waals surface area contributed by atoms with Crippen LogP contribution in [0.5, 0.6) is 0 Å². The van der Waals surface area contributed by atoms with Crippen LogP contribution < -0.4 is 5.56 Å². The van der Waals surface area contributed by atoms with Crippen LogP contribution >= 0.6 is 11.3 Å². The van der Waals surface area contributed by atoms with Crippen LogP contribution in [-0.2, 0) is 19.6 Å². The van der Waals surface area contributed by atoms with Crippen molar-refractivity contribution in [1.82, 2.24) is 14.9 Å². The van der Waals surface area contributed by atoms with E-state index in [2.05, 4.69) is 33.9 Å². The van der Waals surface area contributed by atoms with Crippen molar-refractivity contribution < 1.29 is 4.42 Å². The van der Waals surface area contributed by atoms with Gasteiger partial charge in [0.15, 0.2) is 0 Å². The predicted octanol–water partition coefficient (Wildman–Crippen LogP) is 4.09. The molecule has 0 bridgehead atoms. The second-order valence-corrected chi connectivity index (χ2v) is 7.64. The number of aryl methyl sites for hydroxylation is 1. The third-order valence-corrected chi connectivity index (χ3v) is 5.16. The van der Waals surface area contributed by atoms with Gasteiger partial charge in [-0.1, -0.05) is 12.1 Å². The Morgan fingerprint density at radius 2 is 1.96 bits per heavy atom. The number of hydrogen-bond acceptors (Lipinski definition) is 5. The number of hydrogen-bond donors (Lipinski definition) is 1. The maximum absolute atomic E-state index is 12.3. The van der Waals surface area contributed by atoms with Gasteiger partial charge in [0.2, 0.25) is 0 Å². The first kappa shape index (κ1) is 16.8. The second kappa shape index (κ2) is 7.27. The normalized spacial score (nSPS) is 11.5. The number of thiophene rings is 1. The van der Waals surface area contributed by atoms with Gasteiger partial charge in [-0.2, -0.15) is 0 Å². The molecule has 1 aromatic carbocycles. The lowest BCUT2D eigenvalue weighted by atomic mass is 10.2. The van der Waals surface area contributed by atoms with Crippen LogP contribution in [-0.4, -0.2) is 14.9 Å². The van der Waals surface area contributed by atoms with E-state index >= 15 is 0 Å². The molecule has 0 unspecified atom stereocenters. The molecule has 4 aromatic rings. The largest absolute Gasteiger partial charge is 0.468 e. The summed E-state index contributed by atoms with van der Waals surface area (Å²) in [6.45, 7) is 4.07. The van der Waals surface area contributed by atoms with Crippen LogP contribution in [0.1, 0.15) is 21.3 Å². The molecule has 0 atom stereocenters. The Morgan fingerprint density at radius 3 is 2.73 bits per heavy atom. The summed E-state index contributed by atoms with van der Waals surface area (Å²) in [5.74, 6) is 1.55. The lowest BCUT2D eigenvalue weighted by molar-refractivity contribution is 0.223. The van der Waals surface area contributed by atoms with Gasteiger partial charge < -0.3 is 9.40 Å². The summed E-state index contributed by atoms with van der Waals surface area (Å²) in [4.78, 5) is 24.7. The molecule has 0 aliphatic carbocycles. The molecule has 0 spiro atoms. The zero-order valence-electron chi connectivity index (χ0n) is 14.4. The Balaban J connectivity index is 1.62. The zero-order valence-corrected chi connectivity index (χ0v) is 15.3. The number of furan rings is 1. The van der Waals surface area contributed by atoms with Gasteiger partial charge in [-0.15, -0.1) is 11.3 Å². The quantitative estimate of drug-likeness (QED) is 0.559. The lowest BCUT2D eigenvalue weighted by Crippen LogP contribution is -2.25. The van der Waals surface area contributed by atoms with Crippen molar-refractivity contribution in [2.45, 2.75) is 26.6 Å². The van der Waals surface area contributed by atoms with Crippen molar-refractivity contribution in [3.05, 3.63) is 86.5 Å². The standard InChI is InChI=1S/C20H19N3O2S/c1-14-8-9-16(26-14)12-23(11-15-5-4-10-25-15)13-19-21-18-7-3-2-6-17(18)20(24)22-19/h2-10H,11-13H2,1H3,(H,21,22,24). The van der Waals surface area contributed by atoms with E-state index in [1.54, 1.807) is 23.7 Å². The number of aromatic nitrogens is 2. The van der Waals surface area contributed by atoms with Crippen molar-refractivity contribution in [3.63, 3.8) is 0 Å². The van der Waals surface area contributed by atoms with Crippen molar-refractivity contribution >= 4 is 22.2 Å². The van der Waals surface area contributed by atoms with Gasteiger partial charge in [-0.3, -0.25) is 9.69 Å². The molecular weight excluding hydrogens is 346 g/mol. The molecule has 0 saturated carbocycles. The summed E-state index contributed by atoms with van der Waals surface area (Å²) < 4.78 is 5.51. The van der Waals surface area contributed by atoms with Gasteiger partial charge in [-0.05, 0) is 43.3 Å². The topological polar surface area (TPSA) is 62.1 Å². The third kappa shape index (κ3) is 3.76. The van der Waals surface area contributed by atoms with Crippen molar-refractivity contribution in [3.8, 4) is 0 Å². The maximum atomic E-state index is 12.3. The number of nitrogens with one attached hydrogen (secondary N) is 1. The molecular formula is C20H19N3O2S. The van der Waals surface area contributed by atoms with Gasteiger partial charge in [-0.25, -0.2) is 4.98 Å². The average molecular weight is 365 g/mol. The predicted molar refractivity (Wildman–Crippen MR) is 103 cm³/mol. The van der Waals surface area contributed by atoms with E-state index in [1.165, 1.54) is 9.75 Å². The number of H-pyrrole nitrogens is 1. The van der Waals surface area contributed by atoms with Crippen LogP contribution in [0, 0.1) is 6.92 Å². The Hall–Kier alpha value is -2.70. The highest BCUT2D eigenvalue weighted by atomic mass is 32.1. The number of benzene rings is 1. The van der Waals surface area contributed by atoms with Crippen LogP contribution in [0.4, 0.5) is 0 Å². The molecule has 4 rings (SSSR count). The molecule has 0 fully saturated rings. The summed E-state index contributed by atoms with van der Waals surface area (Å²) in [6.07, 6.45) is 1.68. The molecule has 0 aliphatic heterocycles. The van der Waals surface area contributed by atoms with E-state index in [-0.39, 0.29) is 5.56 Å². The second-order valence-electron chi connectivity index (χ2n) is 6.27. The van der Waals surface area contributed by atoms with E-state index in [0.717, 1.165) is 17.8 Å². The molecule has 3 heterocycles. The van der Waals surface area contributed by atoms with Crippen molar-refractivity contribution in [2.75, 3.05) is 0 Å². The highest BCUT2D eigenvalue weighted by molar-refractivity contribution is 7.11. The first-order chi connectivity index (χ1) is 12.7. The monoisotopic (exact) mass is 365 g/mol. The van der Waals surface area contributed by atoms with Gasteiger partial charge >= 0.3 is 0 Å². The van der Waals surface area contributed by atoms with Gasteiger partial charge in [0.25, 0.3) is 5.56 Å². The summed E-state index contributed by atoms with van der Waals surface area (Å²) in [7, 11) is 0. The van der Waals surface area contributed by atoms with Crippen molar-refractivity contribution in [2.24, 2.45) is 0 Å². The minimum atomic E-state index is -0.101. The zero-order chi connectivity index (χ0) is 17.9. The van der Waals surface area contributed by atoms with Crippen LogP contribution in [0.15, 0.2) is 64.0 Å².